The van der Waals surface area contributed by atoms with Crippen molar-refractivity contribution < 1.29 is 4.79 Å². The van der Waals surface area contributed by atoms with Crippen molar-refractivity contribution in [3.8, 4) is 0 Å². The molecule has 2 heterocycles. The second-order valence-corrected chi connectivity index (χ2v) is 6.78. The summed E-state index contributed by atoms with van der Waals surface area (Å²) >= 11 is 7.98. The van der Waals surface area contributed by atoms with E-state index in [9.17, 15) is 4.79 Å². The lowest BCUT2D eigenvalue weighted by Gasteiger charge is -2.09. The summed E-state index contributed by atoms with van der Waals surface area (Å²) in [4.78, 5) is 13.2. The van der Waals surface area contributed by atoms with Crippen molar-refractivity contribution >= 4 is 34.9 Å². The fourth-order valence-electron chi connectivity index (χ4n) is 2.24. The van der Waals surface area contributed by atoms with Crippen LogP contribution in [0.25, 0.3) is 6.08 Å². The van der Waals surface area contributed by atoms with Crippen molar-refractivity contribution in [2.45, 2.75) is 46.2 Å². The maximum atomic E-state index is 12.1. The molecule has 0 aliphatic heterocycles. The van der Waals surface area contributed by atoms with Crippen molar-refractivity contribution in [2.24, 2.45) is 0 Å². The molecule has 0 spiro atoms. The van der Waals surface area contributed by atoms with Gasteiger partial charge in [-0.15, -0.1) is 11.3 Å². The Balaban J connectivity index is 2.02. The normalized spacial score (nSPS) is 12.7. The third-order valence-electron chi connectivity index (χ3n) is 3.56. The van der Waals surface area contributed by atoms with E-state index in [4.69, 9.17) is 11.6 Å². The van der Waals surface area contributed by atoms with Crippen LogP contribution in [0, 0.1) is 6.92 Å². The predicted octanol–water partition coefficient (Wildman–Crippen LogP) is 4.60. The zero-order chi connectivity index (χ0) is 16.8. The largest absolute Gasteiger partial charge is 0.345 e. The Labute approximate surface area is 146 Å². The summed E-state index contributed by atoms with van der Waals surface area (Å²) in [6, 6.07) is 3.99. The number of unbranched alkanes of at least 4 members (excludes halogenated alkanes) is 1. The minimum absolute atomic E-state index is 0.00371. The van der Waals surface area contributed by atoms with E-state index in [-0.39, 0.29) is 11.9 Å². The Morgan fingerprint density at radius 3 is 3.00 bits per heavy atom. The van der Waals surface area contributed by atoms with Crippen LogP contribution in [-0.2, 0) is 11.3 Å². The van der Waals surface area contributed by atoms with E-state index in [1.807, 2.05) is 31.4 Å². The number of nitrogens with zero attached hydrogens (tertiary/aromatic N) is 2. The number of hydrogen-bond donors (Lipinski definition) is 1. The van der Waals surface area contributed by atoms with E-state index in [1.165, 1.54) is 6.08 Å². The molecule has 2 aromatic heterocycles. The van der Waals surface area contributed by atoms with Gasteiger partial charge >= 0.3 is 0 Å². The Morgan fingerprint density at radius 1 is 1.57 bits per heavy atom. The van der Waals surface area contributed by atoms with Crippen LogP contribution in [0.15, 0.2) is 23.6 Å². The molecule has 1 unspecified atom stereocenters. The highest BCUT2D eigenvalue weighted by atomic mass is 35.5. The fraction of sp³-hybridized carbons (Fsp3) is 0.412. The standard InChI is InChI=1S/C17H22ClN3OS/c1-4-5-10-21-17(18)14(12(2)20-21)8-9-16(22)19-13(3)15-7-6-11-23-15/h6-9,11,13H,4-5,10H2,1-3H3,(H,19,22)/b9-8+. The minimum atomic E-state index is -0.136. The van der Waals surface area contributed by atoms with Crippen LogP contribution in [0.4, 0.5) is 0 Å². The molecule has 4 nitrogen and oxygen atoms in total. The number of halogens is 1. The average Bonchev–Trinajstić information content (AvgIpc) is 3.13. The van der Waals surface area contributed by atoms with Gasteiger partial charge in [-0.25, -0.2) is 0 Å². The Morgan fingerprint density at radius 2 is 2.35 bits per heavy atom. The summed E-state index contributed by atoms with van der Waals surface area (Å²) < 4.78 is 1.80. The van der Waals surface area contributed by atoms with Gasteiger partial charge in [0, 0.05) is 23.1 Å². The predicted molar refractivity (Wildman–Crippen MR) is 96.8 cm³/mol. The zero-order valence-electron chi connectivity index (χ0n) is 13.7. The highest BCUT2D eigenvalue weighted by Gasteiger charge is 2.12. The monoisotopic (exact) mass is 351 g/mol. The molecular weight excluding hydrogens is 330 g/mol. The van der Waals surface area contributed by atoms with Gasteiger partial charge in [0.1, 0.15) is 5.15 Å². The average molecular weight is 352 g/mol. The van der Waals surface area contributed by atoms with Crippen LogP contribution < -0.4 is 5.32 Å². The van der Waals surface area contributed by atoms with E-state index >= 15 is 0 Å². The summed E-state index contributed by atoms with van der Waals surface area (Å²) in [6.07, 6.45) is 5.37. The molecule has 1 N–H and O–H groups in total. The van der Waals surface area contributed by atoms with Crippen molar-refractivity contribution in [1.29, 1.82) is 0 Å². The maximum Gasteiger partial charge on any atom is 0.244 e. The molecule has 0 saturated heterocycles. The first-order valence-corrected chi connectivity index (χ1v) is 9.03. The second kappa shape index (κ2) is 8.31. The number of carbonyl (C=O) groups is 1. The smallest absolute Gasteiger partial charge is 0.244 e. The lowest BCUT2D eigenvalue weighted by atomic mass is 10.2. The van der Waals surface area contributed by atoms with Crippen LogP contribution in [0.2, 0.25) is 5.15 Å². The van der Waals surface area contributed by atoms with Crippen LogP contribution in [-0.4, -0.2) is 15.7 Å². The molecular formula is C17H22ClN3OS. The van der Waals surface area contributed by atoms with Gasteiger partial charge in [-0.05, 0) is 37.8 Å². The van der Waals surface area contributed by atoms with E-state index in [0.717, 1.165) is 35.5 Å². The SMILES string of the molecule is CCCCn1nc(C)c(/C=C/C(=O)NC(C)c2cccs2)c1Cl. The number of aromatic nitrogens is 2. The summed E-state index contributed by atoms with van der Waals surface area (Å²) in [5.74, 6) is -0.136. The van der Waals surface area contributed by atoms with Crippen molar-refractivity contribution in [2.75, 3.05) is 0 Å². The molecule has 0 bridgehead atoms. The highest BCUT2D eigenvalue weighted by Crippen LogP contribution is 2.22. The molecule has 0 aromatic carbocycles. The topological polar surface area (TPSA) is 46.9 Å². The molecule has 6 heteroatoms. The van der Waals surface area contributed by atoms with Crippen molar-refractivity contribution in [3.63, 3.8) is 0 Å². The number of thiophene rings is 1. The molecule has 0 saturated carbocycles. The van der Waals surface area contributed by atoms with E-state index in [2.05, 4.69) is 17.3 Å². The third kappa shape index (κ3) is 4.69. The van der Waals surface area contributed by atoms with Gasteiger partial charge in [0.2, 0.25) is 5.91 Å². The Kier molecular flexibility index (Phi) is 6.42. The number of rotatable bonds is 7. The van der Waals surface area contributed by atoms with Crippen LogP contribution >= 0.6 is 22.9 Å². The van der Waals surface area contributed by atoms with Gasteiger partial charge in [0.25, 0.3) is 0 Å². The molecule has 1 amide bonds. The third-order valence-corrected chi connectivity index (χ3v) is 5.02. The van der Waals surface area contributed by atoms with Gasteiger partial charge < -0.3 is 5.32 Å². The van der Waals surface area contributed by atoms with Gasteiger partial charge in [-0.2, -0.15) is 5.10 Å². The first kappa shape index (κ1) is 17.8. The molecule has 0 aliphatic carbocycles. The Bertz CT molecular complexity index is 676. The summed E-state index contributed by atoms with van der Waals surface area (Å²) in [5, 5.41) is 9.97. The van der Waals surface area contributed by atoms with Crippen molar-refractivity contribution in [1.82, 2.24) is 15.1 Å². The first-order valence-electron chi connectivity index (χ1n) is 7.77. The molecule has 0 aliphatic rings. The number of nitrogens with one attached hydrogen (secondary N) is 1. The van der Waals surface area contributed by atoms with E-state index in [0.29, 0.717) is 5.15 Å². The van der Waals surface area contributed by atoms with E-state index in [1.54, 1.807) is 22.1 Å². The number of aryl methyl sites for hydroxylation is 2. The van der Waals surface area contributed by atoms with Gasteiger partial charge in [-0.3, -0.25) is 9.48 Å². The van der Waals surface area contributed by atoms with Gasteiger partial charge in [0.15, 0.2) is 0 Å². The molecule has 2 rings (SSSR count). The maximum absolute atomic E-state index is 12.1. The second-order valence-electron chi connectivity index (χ2n) is 5.45. The summed E-state index contributed by atoms with van der Waals surface area (Å²) in [5.41, 5.74) is 1.64. The highest BCUT2D eigenvalue weighted by molar-refractivity contribution is 7.10. The van der Waals surface area contributed by atoms with Crippen molar-refractivity contribution in [3.05, 3.63) is 44.9 Å². The van der Waals surface area contributed by atoms with Gasteiger partial charge in [-0.1, -0.05) is 31.0 Å². The fourth-order valence-corrected chi connectivity index (χ4v) is 3.30. The van der Waals surface area contributed by atoms with Crippen LogP contribution in [0.5, 0.6) is 0 Å². The molecule has 124 valence electrons. The molecule has 2 aromatic rings. The van der Waals surface area contributed by atoms with Crippen LogP contribution in [0.1, 0.15) is 48.9 Å². The molecule has 0 radical (unpaired) electrons. The Hall–Kier alpha value is -1.59. The van der Waals surface area contributed by atoms with Crippen LogP contribution in [0.3, 0.4) is 0 Å². The summed E-state index contributed by atoms with van der Waals surface area (Å²) in [6.45, 7) is 6.80. The number of hydrogen-bond acceptors (Lipinski definition) is 3. The van der Waals surface area contributed by atoms with E-state index < -0.39 is 0 Å². The minimum Gasteiger partial charge on any atom is -0.345 e. The number of amides is 1. The summed E-state index contributed by atoms with van der Waals surface area (Å²) in [7, 11) is 0. The lowest BCUT2D eigenvalue weighted by molar-refractivity contribution is -0.117. The molecule has 1 atom stereocenters. The number of carbonyl (C=O) groups excluding carboxylic acids is 1. The lowest BCUT2D eigenvalue weighted by Crippen LogP contribution is -2.23. The quantitative estimate of drug-likeness (QED) is 0.741. The molecule has 23 heavy (non-hydrogen) atoms. The zero-order valence-corrected chi connectivity index (χ0v) is 15.2. The van der Waals surface area contributed by atoms with Gasteiger partial charge in [0.05, 0.1) is 11.7 Å². The first-order chi connectivity index (χ1) is 11.0. The molecule has 0 fully saturated rings.